The highest BCUT2D eigenvalue weighted by Crippen LogP contribution is 2.11. The van der Waals surface area contributed by atoms with Crippen LogP contribution in [0.5, 0.6) is 0 Å². The molecule has 0 fully saturated rings. The van der Waals surface area contributed by atoms with Crippen LogP contribution in [-0.4, -0.2) is 29.0 Å². The Labute approximate surface area is 107 Å². The maximum absolute atomic E-state index is 5.69. The zero-order chi connectivity index (χ0) is 13.1. The monoisotopic (exact) mass is 243 g/mol. The van der Waals surface area contributed by atoms with E-state index in [1.54, 1.807) is 0 Å². The number of benzene rings is 1. The molecule has 0 spiro atoms. The minimum absolute atomic E-state index is 0.261. The van der Waals surface area contributed by atoms with Crippen molar-refractivity contribution < 1.29 is 0 Å². The van der Waals surface area contributed by atoms with E-state index in [0.717, 1.165) is 0 Å². The number of rotatable bonds is 3. The first-order valence-electron chi connectivity index (χ1n) is 5.78. The number of anilines is 2. The fourth-order valence-electron chi connectivity index (χ4n) is 1.71. The molecular weight excluding hydrogens is 226 g/mol. The van der Waals surface area contributed by atoms with Gasteiger partial charge < -0.3 is 10.6 Å². The second-order valence-corrected chi connectivity index (χ2v) is 4.47. The molecule has 0 saturated carbocycles. The summed E-state index contributed by atoms with van der Waals surface area (Å²) in [5, 5.41) is 0. The van der Waals surface area contributed by atoms with Gasteiger partial charge in [-0.2, -0.15) is 15.0 Å². The second kappa shape index (κ2) is 5.00. The Kier molecular flexibility index (Phi) is 3.41. The molecule has 0 saturated heterocycles. The summed E-state index contributed by atoms with van der Waals surface area (Å²) in [6.07, 6.45) is 0.662. The molecule has 1 aromatic heterocycles. The summed E-state index contributed by atoms with van der Waals surface area (Å²) >= 11 is 0. The van der Waals surface area contributed by atoms with Gasteiger partial charge in [0.25, 0.3) is 0 Å². The van der Waals surface area contributed by atoms with Crippen LogP contribution in [0.4, 0.5) is 11.9 Å². The van der Waals surface area contributed by atoms with Gasteiger partial charge in [0.2, 0.25) is 11.9 Å². The number of nitrogens with zero attached hydrogens (tertiary/aromatic N) is 4. The van der Waals surface area contributed by atoms with Crippen LogP contribution in [0.15, 0.2) is 24.3 Å². The molecular formula is C13H17N5. The number of nitrogen functional groups attached to an aromatic ring is 1. The van der Waals surface area contributed by atoms with Crippen molar-refractivity contribution in [3.05, 3.63) is 41.2 Å². The van der Waals surface area contributed by atoms with E-state index < -0.39 is 0 Å². The van der Waals surface area contributed by atoms with Gasteiger partial charge in [-0.15, -0.1) is 0 Å². The smallest absolute Gasteiger partial charge is 0.229 e. The summed E-state index contributed by atoms with van der Waals surface area (Å²) in [6.45, 7) is 2.07. The SMILES string of the molecule is Cc1cccc(Cc2nc(N)nc(N(C)C)n2)c1. The highest BCUT2D eigenvalue weighted by molar-refractivity contribution is 5.34. The Morgan fingerprint density at radius 1 is 1.17 bits per heavy atom. The van der Waals surface area contributed by atoms with E-state index in [-0.39, 0.29) is 5.95 Å². The predicted molar refractivity (Wildman–Crippen MR) is 72.6 cm³/mol. The first-order chi connectivity index (χ1) is 8.54. The molecule has 2 rings (SSSR count). The zero-order valence-electron chi connectivity index (χ0n) is 10.9. The summed E-state index contributed by atoms with van der Waals surface area (Å²) in [6, 6.07) is 8.27. The van der Waals surface area contributed by atoms with Gasteiger partial charge in [0.1, 0.15) is 5.82 Å². The molecule has 18 heavy (non-hydrogen) atoms. The van der Waals surface area contributed by atoms with Crippen molar-refractivity contribution in [1.29, 1.82) is 0 Å². The summed E-state index contributed by atoms with van der Waals surface area (Å²) in [4.78, 5) is 14.4. The van der Waals surface area contributed by atoms with Crippen molar-refractivity contribution in [2.75, 3.05) is 24.7 Å². The van der Waals surface area contributed by atoms with Crippen molar-refractivity contribution in [3.63, 3.8) is 0 Å². The molecule has 5 heteroatoms. The molecule has 1 heterocycles. The normalized spacial score (nSPS) is 10.4. The molecule has 0 aliphatic rings. The van der Waals surface area contributed by atoms with Crippen LogP contribution in [0.25, 0.3) is 0 Å². The Hall–Kier alpha value is -2.17. The average Bonchev–Trinajstić information content (AvgIpc) is 2.28. The average molecular weight is 243 g/mol. The molecule has 0 unspecified atom stereocenters. The lowest BCUT2D eigenvalue weighted by Crippen LogP contribution is -2.16. The molecule has 0 aliphatic heterocycles. The van der Waals surface area contributed by atoms with Crippen LogP contribution < -0.4 is 10.6 Å². The number of aromatic nitrogens is 3. The van der Waals surface area contributed by atoms with Crippen LogP contribution >= 0.6 is 0 Å². The van der Waals surface area contributed by atoms with E-state index in [1.807, 2.05) is 25.1 Å². The summed E-state index contributed by atoms with van der Waals surface area (Å²) in [5.74, 6) is 1.54. The van der Waals surface area contributed by atoms with E-state index in [9.17, 15) is 0 Å². The molecule has 5 nitrogen and oxygen atoms in total. The lowest BCUT2D eigenvalue weighted by atomic mass is 10.1. The van der Waals surface area contributed by atoms with Crippen LogP contribution in [0.3, 0.4) is 0 Å². The van der Waals surface area contributed by atoms with Crippen LogP contribution in [-0.2, 0) is 6.42 Å². The number of nitrogens with two attached hydrogens (primary N) is 1. The lowest BCUT2D eigenvalue weighted by Gasteiger charge is -2.11. The molecule has 2 N–H and O–H groups in total. The maximum atomic E-state index is 5.69. The third kappa shape index (κ3) is 2.94. The number of hydrogen-bond donors (Lipinski definition) is 1. The first-order valence-corrected chi connectivity index (χ1v) is 5.78. The minimum atomic E-state index is 0.261. The lowest BCUT2D eigenvalue weighted by molar-refractivity contribution is 0.891. The third-order valence-electron chi connectivity index (χ3n) is 2.53. The largest absolute Gasteiger partial charge is 0.368 e. The molecule has 0 bridgehead atoms. The Morgan fingerprint density at radius 2 is 1.94 bits per heavy atom. The fourth-order valence-corrected chi connectivity index (χ4v) is 1.71. The van der Waals surface area contributed by atoms with Crippen molar-refractivity contribution in [3.8, 4) is 0 Å². The van der Waals surface area contributed by atoms with Gasteiger partial charge in [-0.05, 0) is 12.5 Å². The van der Waals surface area contributed by atoms with E-state index in [1.165, 1.54) is 11.1 Å². The van der Waals surface area contributed by atoms with E-state index >= 15 is 0 Å². The van der Waals surface area contributed by atoms with Gasteiger partial charge in [-0.25, -0.2) is 0 Å². The molecule has 0 aliphatic carbocycles. The highest BCUT2D eigenvalue weighted by Gasteiger charge is 2.06. The van der Waals surface area contributed by atoms with E-state index in [4.69, 9.17) is 5.73 Å². The standard InChI is InChI=1S/C13H17N5/c1-9-5-4-6-10(7-9)8-11-15-12(14)17-13(16-11)18(2)3/h4-7H,8H2,1-3H3,(H2,14,15,16,17). The molecule has 94 valence electrons. The van der Waals surface area contributed by atoms with E-state index in [2.05, 4.69) is 40.1 Å². The van der Waals surface area contributed by atoms with Gasteiger partial charge in [0, 0.05) is 20.5 Å². The van der Waals surface area contributed by atoms with Crippen molar-refractivity contribution >= 4 is 11.9 Å². The van der Waals surface area contributed by atoms with Crippen molar-refractivity contribution in [2.45, 2.75) is 13.3 Å². The maximum Gasteiger partial charge on any atom is 0.229 e. The Bertz CT molecular complexity index is 551. The Balaban J connectivity index is 2.29. The fraction of sp³-hybridized carbons (Fsp3) is 0.308. The first kappa shape index (κ1) is 12.3. The quantitative estimate of drug-likeness (QED) is 0.883. The zero-order valence-corrected chi connectivity index (χ0v) is 10.9. The van der Waals surface area contributed by atoms with Gasteiger partial charge in [-0.1, -0.05) is 29.8 Å². The summed E-state index contributed by atoms with van der Waals surface area (Å²) in [5.41, 5.74) is 8.09. The highest BCUT2D eigenvalue weighted by atomic mass is 15.3. The van der Waals surface area contributed by atoms with Crippen molar-refractivity contribution in [1.82, 2.24) is 15.0 Å². The summed E-state index contributed by atoms with van der Waals surface area (Å²) in [7, 11) is 3.76. The number of aryl methyl sites for hydroxylation is 1. The van der Waals surface area contributed by atoms with Crippen LogP contribution in [0.1, 0.15) is 17.0 Å². The van der Waals surface area contributed by atoms with Crippen LogP contribution in [0, 0.1) is 6.92 Å². The number of hydrogen-bond acceptors (Lipinski definition) is 5. The van der Waals surface area contributed by atoms with Crippen molar-refractivity contribution in [2.24, 2.45) is 0 Å². The topological polar surface area (TPSA) is 67.9 Å². The minimum Gasteiger partial charge on any atom is -0.368 e. The van der Waals surface area contributed by atoms with Gasteiger partial charge >= 0.3 is 0 Å². The van der Waals surface area contributed by atoms with Gasteiger partial charge in [0.15, 0.2) is 0 Å². The van der Waals surface area contributed by atoms with Gasteiger partial charge in [0.05, 0.1) is 0 Å². The van der Waals surface area contributed by atoms with Gasteiger partial charge in [-0.3, -0.25) is 0 Å². The van der Waals surface area contributed by atoms with E-state index in [0.29, 0.717) is 18.2 Å². The second-order valence-electron chi connectivity index (χ2n) is 4.47. The third-order valence-corrected chi connectivity index (χ3v) is 2.53. The molecule has 0 atom stereocenters. The van der Waals surface area contributed by atoms with Crippen LogP contribution in [0.2, 0.25) is 0 Å². The molecule has 1 aromatic carbocycles. The predicted octanol–water partition coefficient (Wildman–Crippen LogP) is 1.42. The molecule has 2 aromatic rings. The molecule has 0 amide bonds. The molecule has 0 radical (unpaired) electrons. The Morgan fingerprint density at radius 3 is 2.61 bits per heavy atom. The summed E-state index contributed by atoms with van der Waals surface area (Å²) < 4.78 is 0.